The highest BCUT2D eigenvalue weighted by Gasteiger charge is 2.31. The van der Waals surface area contributed by atoms with Crippen LogP contribution >= 0.6 is 0 Å². The molecule has 1 aliphatic heterocycles. The molecule has 0 N–H and O–H groups in total. The van der Waals surface area contributed by atoms with Gasteiger partial charge in [-0.15, -0.1) is 13.2 Å². The van der Waals surface area contributed by atoms with Crippen LogP contribution in [0.4, 0.5) is 19.0 Å². The van der Waals surface area contributed by atoms with Gasteiger partial charge in [-0.1, -0.05) is 18.2 Å². The van der Waals surface area contributed by atoms with Gasteiger partial charge in [0, 0.05) is 38.9 Å². The van der Waals surface area contributed by atoms with Crippen LogP contribution in [0.2, 0.25) is 0 Å². The fraction of sp³-hybridized carbons (Fsp3) is 0.353. The van der Waals surface area contributed by atoms with Crippen LogP contribution in [0.25, 0.3) is 0 Å². The second kappa shape index (κ2) is 7.09. The van der Waals surface area contributed by atoms with E-state index in [0.29, 0.717) is 6.54 Å². The molecule has 4 nitrogen and oxygen atoms in total. The summed E-state index contributed by atoms with van der Waals surface area (Å²) in [5.74, 6) is 0.789. The maximum absolute atomic E-state index is 12.2. The Hall–Kier alpha value is -2.28. The Kier molecular flexibility index (Phi) is 4.89. The van der Waals surface area contributed by atoms with E-state index in [0.717, 1.165) is 37.6 Å². The van der Waals surface area contributed by atoms with Crippen molar-refractivity contribution in [1.82, 2.24) is 9.88 Å². The first-order valence-electron chi connectivity index (χ1n) is 7.73. The molecule has 0 bridgehead atoms. The Balaban J connectivity index is 1.51. The Morgan fingerprint density at radius 1 is 0.958 bits per heavy atom. The molecule has 1 aromatic carbocycles. The molecule has 128 valence electrons. The van der Waals surface area contributed by atoms with Crippen molar-refractivity contribution in [2.75, 3.05) is 31.1 Å². The molecule has 7 heteroatoms. The van der Waals surface area contributed by atoms with E-state index in [2.05, 4.69) is 19.5 Å². The summed E-state index contributed by atoms with van der Waals surface area (Å²) >= 11 is 0. The van der Waals surface area contributed by atoms with Gasteiger partial charge in [-0.2, -0.15) is 0 Å². The summed E-state index contributed by atoms with van der Waals surface area (Å²) in [5, 5.41) is 0. The van der Waals surface area contributed by atoms with E-state index in [-0.39, 0.29) is 5.75 Å². The molecule has 1 fully saturated rings. The van der Waals surface area contributed by atoms with E-state index in [1.807, 2.05) is 18.2 Å². The quantitative estimate of drug-likeness (QED) is 0.856. The predicted octanol–water partition coefficient (Wildman–Crippen LogP) is 3.30. The van der Waals surface area contributed by atoms with Crippen LogP contribution < -0.4 is 9.64 Å². The topological polar surface area (TPSA) is 28.6 Å². The molecule has 2 heterocycles. The number of hydrogen-bond donors (Lipinski definition) is 0. The van der Waals surface area contributed by atoms with Gasteiger partial charge < -0.3 is 9.64 Å². The number of pyridine rings is 1. The average Bonchev–Trinajstić information content (AvgIpc) is 2.57. The molecular weight excluding hydrogens is 319 g/mol. The van der Waals surface area contributed by atoms with Crippen molar-refractivity contribution >= 4 is 5.82 Å². The third-order valence-corrected chi connectivity index (χ3v) is 3.91. The summed E-state index contributed by atoms with van der Waals surface area (Å²) in [7, 11) is 0. The fourth-order valence-electron chi connectivity index (χ4n) is 2.73. The number of aromatic nitrogens is 1. The number of nitrogens with zero attached hydrogens (tertiary/aromatic N) is 3. The van der Waals surface area contributed by atoms with E-state index in [9.17, 15) is 13.2 Å². The predicted molar refractivity (Wildman–Crippen MR) is 84.9 cm³/mol. The highest BCUT2D eigenvalue weighted by atomic mass is 19.4. The molecule has 24 heavy (non-hydrogen) atoms. The van der Waals surface area contributed by atoms with Crippen molar-refractivity contribution in [3.05, 3.63) is 54.2 Å². The first-order chi connectivity index (χ1) is 11.5. The second-order valence-corrected chi connectivity index (χ2v) is 5.64. The van der Waals surface area contributed by atoms with E-state index >= 15 is 0 Å². The maximum atomic E-state index is 12.2. The second-order valence-electron chi connectivity index (χ2n) is 5.64. The monoisotopic (exact) mass is 337 g/mol. The summed E-state index contributed by atoms with van der Waals surface area (Å²) in [6.45, 7) is 4.25. The van der Waals surface area contributed by atoms with Crippen molar-refractivity contribution in [2.24, 2.45) is 0 Å². The van der Waals surface area contributed by atoms with Gasteiger partial charge in [0.1, 0.15) is 11.6 Å². The van der Waals surface area contributed by atoms with Crippen molar-refractivity contribution in [1.29, 1.82) is 0 Å². The third-order valence-electron chi connectivity index (χ3n) is 3.91. The highest BCUT2D eigenvalue weighted by molar-refractivity contribution is 5.38. The minimum Gasteiger partial charge on any atom is -0.406 e. The number of rotatable bonds is 4. The molecule has 1 aromatic heterocycles. The van der Waals surface area contributed by atoms with Crippen molar-refractivity contribution in [3.63, 3.8) is 0 Å². The Morgan fingerprint density at radius 3 is 2.25 bits per heavy atom. The van der Waals surface area contributed by atoms with Gasteiger partial charge in [-0.25, -0.2) is 4.98 Å². The Labute approximate surface area is 138 Å². The molecule has 0 amide bonds. The number of ether oxygens (including phenoxy) is 1. The molecule has 0 atom stereocenters. The van der Waals surface area contributed by atoms with Crippen molar-refractivity contribution in [3.8, 4) is 5.75 Å². The lowest BCUT2D eigenvalue weighted by molar-refractivity contribution is -0.274. The van der Waals surface area contributed by atoms with Gasteiger partial charge in [-0.3, -0.25) is 4.90 Å². The lowest BCUT2D eigenvalue weighted by atomic mass is 10.2. The van der Waals surface area contributed by atoms with Crippen LogP contribution in [0, 0.1) is 0 Å². The molecule has 2 aromatic rings. The van der Waals surface area contributed by atoms with E-state index in [1.54, 1.807) is 18.3 Å². The number of anilines is 1. The summed E-state index contributed by atoms with van der Waals surface area (Å²) in [6.07, 6.45) is -2.87. The average molecular weight is 337 g/mol. The fourth-order valence-corrected chi connectivity index (χ4v) is 2.73. The van der Waals surface area contributed by atoms with Crippen LogP contribution in [0.1, 0.15) is 5.56 Å². The SMILES string of the molecule is FC(F)(F)Oc1ccc(CN2CCN(c3ccccn3)CC2)cc1. The molecule has 0 saturated carbocycles. The third kappa shape index (κ3) is 4.61. The lowest BCUT2D eigenvalue weighted by Gasteiger charge is -2.35. The normalized spacial score (nSPS) is 16.2. The molecule has 1 saturated heterocycles. The van der Waals surface area contributed by atoms with Gasteiger partial charge in [0.25, 0.3) is 0 Å². The number of piperazine rings is 1. The first-order valence-corrected chi connectivity index (χ1v) is 7.73. The molecular formula is C17H18F3N3O. The maximum Gasteiger partial charge on any atom is 0.573 e. The largest absolute Gasteiger partial charge is 0.573 e. The molecule has 1 aliphatic rings. The van der Waals surface area contributed by atoms with E-state index < -0.39 is 6.36 Å². The molecule has 0 unspecified atom stereocenters. The molecule has 3 rings (SSSR count). The summed E-state index contributed by atoms with van der Waals surface area (Å²) < 4.78 is 40.3. The smallest absolute Gasteiger partial charge is 0.406 e. The zero-order chi connectivity index (χ0) is 17.0. The summed E-state index contributed by atoms with van der Waals surface area (Å²) in [6, 6.07) is 11.9. The van der Waals surface area contributed by atoms with Crippen molar-refractivity contribution in [2.45, 2.75) is 12.9 Å². The van der Waals surface area contributed by atoms with Crippen molar-refractivity contribution < 1.29 is 17.9 Å². The Bertz CT molecular complexity index is 638. The van der Waals surface area contributed by atoms with Crippen LogP contribution in [0.3, 0.4) is 0 Å². The standard InChI is InChI=1S/C17H18F3N3O/c18-17(19,20)24-15-6-4-14(5-7-15)13-22-9-11-23(12-10-22)16-3-1-2-8-21-16/h1-8H,9-13H2. The van der Waals surface area contributed by atoms with Gasteiger partial charge in [-0.05, 0) is 29.8 Å². The zero-order valence-electron chi connectivity index (χ0n) is 13.0. The number of benzene rings is 1. The molecule has 0 aliphatic carbocycles. The van der Waals surface area contributed by atoms with E-state index in [1.165, 1.54) is 12.1 Å². The summed E-state index contributed by atoms with van der Waals surface area (Å²) in [4.78, 5) is 8.86. The first kappa shape index (κ1) is 16.6. The zero-order valence-corrected chi connectivity index (χ0v) is 13.0. The van der Waals surface area contributed by atoms with Crippen LogP contribution in [0.5, 0.6) is 5.75 Å². The summed E-state index contributed by atoms with van der Waals surface area (Å²) in [5.41, 5.74) is 0.968. The lowest BCUT2D eigenvalue weighted by Crippen LogP contribution is -2.46. The minimum atomic E-state index is -4.65. The number of alkyl halides is 3. The van der Waals surface area contributed by atoms with Crippen LogP contribution in [-0.4, -0.2) is 42.4 Å². The highest BCUT2D eigenvalue weighted by Crippen LogP contribution is 2.23. The van der Waals surface area contributed by atoms with Crippen LogP contribution in [0.15, 0.2) is 48.7 Å². The van der Waals surface area contributed by atoms with Gasteiger partial charge in [0.15, 0.2) is 0 Å². The van der Waals surface area contributed by atoms with Gasteiger partial charge >= 0.3 is 6.36 Å². The number of halogens is 3. The van der Waals surface area contributed by atoms with Gasteiger partial charge in [0.05, 0.1) is 0 Å². The molecule has 0 radical (unpaired) electrons. The number of hydrogen-bond acceptors (Lipinski definition) is 4. The Morgan fingerprint density at radius 2 is 1.67 bits per heavy atom. The molecule has 0 spiro atoms. The van der Waals surface area contributed by atoms with E-state index in [4.69, 9.17) is 0 Å². The minimum absolute atomic E-state index is 0.189. The van der Waals surface area contributed by atoms with Gasteiger partial charge in [0.2, 0.25) is 0 Å². The van der Waals surface area contributed by atoms with Crippen LogP contribution in [-0.2, 0) is 6.54 Å².